The van der Waals surface area contributed by atoms with Crippen molar-refractivity contribution in [2.45, 2.75) is 32.1 Å². The van der Waals surface area contributed by atoms with E-state index in [1.165, 1.54) is 0 Å². The van der Waals surface area contributed by atoms with Crippen molar-refractivity contribution in [2.75, 3.05) is 6.61 Å². The molecule has 0 spiro atoms. The van der Waals surface area contributed by atoms with Crippen LogP contribution >= 0.6 is 0 Å². The van der Waals surface area contributed by atoms with Crippen LogP contribution in [0.4, 0.5) is 0 Å². The summed E-state index contributed by atoms with van der Waals surface area (Å²) in [5, 5.41) is 16.7. The van der Waals surface area contributed by atoms with Crippen LogP contribution in [0, 0.1) is 0 Å². The number of carbonyl (C=O) groups is 1. The third-order valence-corrected chi connectivity index (χ3v) is 1.49. The van der Waals surface area contributed by atoms with Crippen LogP contribution < -0.4 is 0 Å². The summed E-state index contributed by atoms with van der Waals surface area (Å²) in [5.74, 6) is -0.790. The SMILES string of the molecule is O=C(O)C/C=C/CCCCCO. The van der Waals surface area contributed by atoms with Gasteiger partial charge in [0.15, 0.2) is 0 Å². The van der Waals surface area contributed by atoms with Crippen molar-refractivity contribution in [3.8, 4) is 0 Å². The van der Waals surface area contributed by atoms with Crippen molar-refractivity contribution >= 4 is 5.97 Å². The summed E-state index contributed by atoms with van der Waals surface area (Å²) in [6, 6.07) is 0. The molecule has 0 fully saturated rings. The largest absolute Gasteiger partial charge is 0.481 e. The summed E-state index contributed by atoms with van der Waals surface area (Å²) >= 11 is 0. The molecule has 0 aliphatic heterocycles. The fourth-order valence-electron chi connectivity index (χ4n) is 0.853. The highest BCUT2D eigenvalue weighted by Gasteiger charge is 1.89. The Morgan fingerprint density at radius 3 is 2.50 bits per heavy atom. The first-order chi connectivity index (χ1) is 5.77. The number of allylic oxidation sites excluding steroid dienone is 1. The molecule has 0 rings (SSSR count). The van der Waals surface area contributed by atoms with Gasteiger partial charge in [-0.3, -0.25) is 4.79 Å². The number of aliphatic hydroxyl groups is 1. The summed E-state index contributed by atoms with van der Waals surface area (Å²) in [4.78, 5) is 10.1. The Morgan fingerprint density at radius 2 is 1.92 bits per heavy atom. The molecule has 3 heteroatoms. The molecule has 0 aromatic rings. The molecule has 0 amide bonds. The Balaban J connectivity index is 3.08. The molecule has 12 heavy (non-hydrogen) atoms. The van der Waals surface area contributed by atoms with Gasteiger partial charge in [0.2, 0.25) is 0 Å². The van der Waals surface area contributed by atoms with E-state index < -0.39 is 5.97 Å². The van der Waals surface area contributed by atoms with Crippen LogP contribution in [0.25, 0.3) is 0 Å². The minimum atomic E-state index is -0.790. The number of hydrogen-bond donors (Lipinski definition) is 2. The van der Waals surface area contributed by atoms with Crippen LogP contribution in [0.15, 0.2) is 12.2 Å². The molecule has 0 bridgehead atoms. The van der Waals surface area contributed by atoms with E-state index in [9.17, 15) is 4.79 Å². The fraction of sp³-hybridized carbons (Fsp3) is 0.667. The highest BCUT2D eigenvalue weighted by molar-refractivity contribution is 5.68. The maximum Gasteiger partial charge on any atom is 0.307 e. The van der Waals surface area contributed by atoms with Gasteiger partial charge < -0.3 is 10.2 Å². The van der Waals surface area contributed by atoms with Crippen molar-refractivity contribution in [1.29, 1.82) is 0 Å². The smallest absolute Gasteiger partial charge is 0.307 e. The minimum Gasteiger partial charge on any atom is -0.481 e. The van der Waals surface area contributed by atoms with Crippen LogP contribution in [-0.4, -0.2) is 22.8 Å². The number of rotatable bonds is 7. The van der Waals surface area contributed by atoms with E-state index in [1.54, 1.807) is 6.08 Å². The Bertz CT molecular complexity index is 141. The minimum absolute atomic E-state index is 0.111. The van der Waals surface area contributed by atoms with Gasteiger partial charge in [0.05, 0.1) is 6.42 Å². The van der Waals surface area contributed by atoms with Crippen LogP contribution in [0.2, 0.25) is 0 Å². The third-order valence-electron chi connectivity index (χ3n) is 1.49. The van der Waals surface area contributed by atoms with Crippen molar-refractivity contribution in [3.63, 3.8) is 0 Å². The lowest BCUT2D eigenvalue weighted by atomic mass is 10.2. The molecule has 0 atom stereocenters. The second kappa shape index (κ2) is 8.27. The monoisotopic (exact) mass is 172 g/mol. The maximum absolute atomic E-state index is 10.1. The highest BCUT2D eigenvalue weighted by atomic mass is 16.4. The zero-order valence-electron chi connectivity index (χ0n) is 7.20. The Kier molecular flexibility index (Phi) is 7.70. The van der Waals surface area contributed by atoms with Gasteiger partial charge in [0, 0.05) is 6.61 Å². The number of aliphatic hydroxyl groups excluding tert-OH is 1. The predicted octanol–water partition coefficient (Wildman–Crippen LogP) is 1.57. The molecule has 0 aromatic heterocycles. The summed E-state index contributed by atoms with van der Waals surface area (Å²) in [5.41, 5.74) is 0. The summed E-state index contributed by atoms with van der Waals surface area (Å²) in [6.45, 7) is 0.249. The van der Waals surface area contributed by atoms with Crippen LogP contribution in [0.5, 0.6) is 0 Å². The first kappa shape index (κ1) is 11.2. The standard InChI is InChI=1S/C9H16O3/c10-8-6-4-2-1-3-5-7-9(11)12/h3,5,10H,1-2,4,6-8H2,(H,11,12)/b5-3+. The average Bonchev–Trinajstić information content (AvgIpc) is 2.02. The quantitative estimate of drug-likeness (QED) is 0.452. The Labute approximate surface area is 72.7 Å². The Morgan fingerprint density at radius 1 is 1.17 bits per heavy atom. The predicted molar refractivity (Wildman–Crippen MR) is 46.9 cm³/mol. The molecule has 70 valence electrons. The van der Waals surface area contributed by atoms with E-state index in [0.717, 1.165) is 25.7 Å². The van der Waals surface area contributed by atoms with E-state index in [4.69, 9.17) is 10.2 Å². The van der Waals surface area contributed by atoms with E-state index in [0.29, 0.717) is 0 Å². The van der Waals surface area contributed by atoms with Gasteiger partial charge in [-0.1, -0.05) is 18.6 Å². The van der Waals surface area contributed by atoms with E-state index in [2.05, 4.69) is 0 Å². The molecular formula is C9H16O3. The molecule has 2 N–H and O–H groups in total. The third kappa shape index (κ3) is 9.17. The number of aliphatic carboxylic acids is 1. The average molecular weight is 172 g/mol. The van der Waals surface area contributed by atoms with Crippen LogP contribution in [-0.2, 0) is 4.79 Å². The van der Waals surface area contributed by atoms with E-state index in [-0.39, 0.29) is 13.0 Å². The topological polar surface area (TPSA) is 57.5 Å². The lowest BCUT2D eigenvalue weighted by molar-refractivity contribution is -0.136. The maximum atomic E-state index is 10.1. The molecule has 0 aliphatic rings. The van der Waals surface area contributed by atoms with Crippen molar-refractivity contribution in [1.82, 2.24) is 0 Å². The molecule has 0 radical (unpaired) electrons. The number of hydrogen-bond acceptors (Lipinski definition) is 2. The zero-order valence-corrected chi connectivity index (χ0v) is 7.20. The van der Waals surface area contributed by atoms with Crippen molar-refractivity contribution in [2.24, 2.45) is 0 Å². The molecule has 0 saturated heterocycles. The lowest BCUT2D eigenvalue weighted by Crippen LogP contribution is -1.89. The molecule has 0 unspecified atom stereocenters. The van der Waals surface area contributed by atoms with E-state index >= 15 is 0 Å². The first-order valence-electron chi connectivity index (χ1n) is 4.25. The van der Waals surface area contributed by atoms with Gasteiger partial charge in [-0.05, 0) is 19.3 Å². The van der Waals surface area contributed by atoms with Gasteiger partial charge in [-0.25, -0.2) is 0 Å². The van der Waals surface area contributed by atoms with E-state index in [1.807, 2.05) is 6.08 Å². The fourth-order valence-corrected chi connectivity index (χ4v) is 0.853. The summed E-state index contributed by atoms with van der Waals surface area (Å²) in [6.07, 6.45) is 7.44. The van der Waals surface area contributed by atoms with Gasteiger partial charge in [0.1, 0.15) is 0 Å². The summed E-state index contributed by atoms with van der Waals surface area (Å²) < 4.78 is 0. The molecule has 0 aliphatic carbocycles. The van der Waals surface area contributed by atoms with Crippen LogP contribution in [0.3, 0.4) is 0 Å². The Hall–Kier alpha value is -0.830. The highest BCUT2D eigenvalue weighted by Crippen LogP contribution is 2.00. The van der Waals surface area contributed by atoms with Gasteiger partial charge in [-0.2, -0.15) is 0 Å². The lowest BCUT2D eigenvalue weighted by Gasteiger charge is -1.93. The second-order valence-corrected chi connectivity index (χ2v) is 2.64. The van der Waals surface area contributed by atoms with Crippen molar-refractivity contribution < 1.29 is 15.0 Å². The van der Waals surface area contributed by atoms with Gasteiger partial charge >= 0.3 is 5.97 Å². The number of carboxylic acid groups (broad SMARTS) is 1. The number of carboxylic acids is 1. The first-order valence-corrected chi connectivity index (χ1v) is 4.25. The molecular weight excluding hydrogens is 156 g/mol. The molecule has 3 nitrogen and oxygen atoms in total. The zero-order chi connectivity index (χ0) is 9.23. The molecule has 0 aromatic carbocycles. The summed E-state index contributed by atoms with van der Waals surface area (Å²) in [7, 11) is 0. The normalized spacial score (nSPS) is 10.8. The van der Waals surface area contributed by atoms with Gasteiger partial charge in [0.25, 0.3) is 0 Å². The second-order valence-electron chi connectivity index (χ2n) is 2.64. The molecule has 0 heterocycles. The number of unbranched alkanes of at least 4 members (excludes halogenated alkanes) is 3. The van der Waals surface area contributed by atoms with Gasteiger partial charge in [-0.15, -0.1) is 0 Å². The van der Waals surface area contributed by atoms with Crippen molar-refractivity contribution in [3.05, 3.63) is 12.2 Å². The van der Waals surface area contributed by atoms with Crippen LogP contribution in [0.1, 0.15) is 32.1 Å². The molecule has 0 saturated carbocycles.